The van der Waals surface area contributed by atoms with E-state index < -0.39 is 0 Å². The van der Waals surface area contributed by atoms with E-state index in [0.29, 0.717) is 11.3 Å². The lowest BCUT2D eigenvalue weighted by Gasteiger charge is -2.45. The van der Waals surface area contributed by atoms with Gasteiger partial charge in [-0.3, -0.25) is 14.8 Å². The summed E-state index contributed by atoms with van der Waals surface area (Å²) in [6, 6.07) is 29.8. The largest absolute Gasteiger partial charge is 0.495 e. The predicted molar refractivity (Wildman–Crippen MR) is 165 cm³/mol. The molecule has 7 nitrogen and oxygen atoms in total. The number of hydrogen-bond acceptors (Lipinski definition) is 6. The molecule has 1 aliphatic heterocycles. The molecular formula is C35H31N5O2. The number of benzene rings is 3. The lowest BCUT2D eigenvalue weighted by molar-refractivity contribution is 0.0568. The van der Waals surface area contributed by atoms with Crippen molar-refractivity contribution in [2.75, 3.05) is 25.1 Å². The quantitative estimate of drug-likeness (QED) is 0.244. The van der Waals surface area contributed by atoms with Crippen LogP contribution in [0.15, 0.2) is 97.3 Å². The minimum absolute atomic E-state index is 0.0242. The average Bonchev–Trinajstić information content (AvgIpc) is 3.04. The summed E-state index contributed by atoms with van der Waals surface area (Å²) < 4.78 is 5.95. The Morgan fingerprint density at radius 3 is 2.19 bits per heavy atom. The fourth-order valence-electron chi connectivity index (χ4n) is 5.99. The first-order chi connectivity index (χ1) is 20.5. The van der Waals surface area contributed by atoms with Crippen molar-refractivity contribution in [3.8, 4) is 34.1 Å². The third kappa shape index (κ3) is 4.92. The molecule has 3 aromatic carbocycles. The Morgan fingerprint density at radius 1 is 0.857 bits per heavy atom. The molecule has 3 heterocycles. The molecule has 208 valence electrons. The number of rotatable bonds is 5. The van der Waals surface area contributed by atoms with Crippen LogP contribution in [0.4, 0.5) is 5.69 Å². The van der Waals surface area contributed by atoms with Crippen molar-refractivity contribution in [3.05, 3.63) is 109 Å². The standard InChI is InChI=1S/C35H31N5O2/c1-23-21-39(22-24(2)40(23)35(41)32-9-4-5-18-37-32)28-16-14-27(15-17-28)31-20-38-33-29(7-6-8-30(33)34(31)42-3)26-12-10-25(19-36)11-13-26/h4-18,20,23-24H,21-22H2,1-3H3/t23-,24?/m1/s1. The van der Waals surface area contributed by atoms with Gasteiger partial charge in [-0.05, 0) is 67.4 Å². The monoisotopic (exact) mass is 553 g/mol. The van der Waals surface area contributed by atoms with Crippen LogP contribution in [0, 0.1) is 11.3 Å². The Bertz CT molecular complexity index is 1770. The highest BCUT2D eigenvalue weighted by molar-refractivity contribution is 6.00. The maximum atomic E-state index is 13.2. The Labute approximate surface area is 245 Å². The minimum atomic E-state index is -0.0242. The predicted octanol–water partition coefficient (Wildman–Crippen LogP) is 6.58. The Kier molecular flexibility index (Phi) is 7.28. The van der Waals surface area contributed by atoms with E-state index >= 15 is 0 Å². The summed E-state index contributed by atoms with van der Waals surface area (Å²) in [7, 11) is 1.69. The maximum Gasteiger partial charge on any atom is 0.273 e. The number of nitrogens with zero attached hydrogens (tertiary/aromatic N) is 5. The van der Waals surface area contributed by atoms with E-state index in [1.165, 1.54) is 0 Å². The zero-order chi connectivity index (χ0) is 29.2. The van der Waals surface area contributed by atoms with Crippen LogP contribution in [-0.4, -0.2) is 53.1 Å². The van der Waals surface area contributed by atoms with Crippen LogP contribution in [0.5, 0.6) is 5.75 Å². The number of para-hydroxylation sites is 1. The highest BCUT2D eigenvalue weighted by atomic mass is 16.5. The molecule has 7 heteroatoms. The van der Waals surface area contributed by atoms with Crippen molar-refractivity contribution in [1.82, 2.24) is 14.9 Å². The van der Waals surface area contributed by atoms with Crippen molar-refractivity contribution < 1.29 is 9.53 Å². The zero-order valence-electron chi connectivity index (χ0n) is 23.9. The van der Waals surface area contributed by atoms with Crippen LogP contribution >= 0.6 is 0 Å². The first kappa shape index (κ1) is 27.0. The molecule has 1 aliphatic rings. The summed E-state index contributed by atoms with van der Waals surface area (Å²) in [5.41, 5.74) is 6.98. The molecule has 5 aromatic rings. The van der Waals surface area contributed by atoms with Gasteiger partial charge >= 0.3 is 0 Å². The number of anilines is 1. The van der Waals surface area contributed by atoms with Gasteiger partial charge in [0, 0.05) is 59.8 Å². The number of carbonyl (C=O) groups is 1. The fourth-order valence-corrected chi connectivity index (χ4v) is 5.99. The second kappa shape index (κ2) is 11.3. The molecule has 1 unspecified atom stereocenters. The second-order valence-electron chi connectivity index (χ2n) is 10.7. The molecule has 0 spiro atoms. The van der Waals surface area contributed by atoms with Crippen LogP contribution in [0.2, 0.25) is 0 Å². The number of ether oxygens (including phenoxy) is 1. The number of amides is 1. The number of carbonyl (C=O) groups excluding carboxylic acids is 1. The van der Waals surface area contributed by atoms with E-state index in [9.17, 15) is 4.79 Å². The number of piperazine rings is 1. The molecule has 0 aliphatic carbocycles. The molecular weight excluding hydrogens is 522 g/mol. The van der Waals surface area contributed by atoms with Gasteiger partial charge in [0.1, 0.15) is 11.4 Å². The number of fused-ring (bicyclic) bond motifs is 1. The Balaban J connectivity index is 1.26. The fraction of sp³-hybridized carbons (Fsp3) is 0.200. The zero-order valence-corrected chi connectivity index (χ0v) is 23.9. The summed E-state index contributed by atoms with van der Waals surface area (Å²) in [6.45, 7) is 5.66. The second-order valence-corrected chi connectivity index (χ2v) is 10.7. The normalized spacial score (nSPS) is 16.7. The highest BCUT2D eigenvalue weighted by Gasteiger charge is 2.34. The molecule has 42 heavy (non-hydrogen) atoms. The molecule has 1 saturated heterocycles. The van der Waals surface area contributed by atoms with Crippen molar-refractivity contribution >= 4 is 22.5 Å². The lowest BCUT2D eigenvalue weighted by atomic mass is 9.97. The summed E-state index contributed by atoms with van der Waals surface area (Å²) >= 11 is 0. The first-order valence-electron chi connectivity index (χ1n) is 14.0. The third-order valence-electron chi connectivity index (χ3n) is 7.96. The molecule has 0 N–H and O–H groups in total. The molecule has 2 aromatic heterocycles. The Hall–Kier alpha value is -5.22. The molecule has 6 rings (SSSR count). The maximum absolute atomic E-state index is 13.2. The van der Waals surface area contributed by atoms with Gasteiger partial charge in [0.15, 0.2) is 0 Å². The smallest absolute Gasteiger partial charge is 0.273 e. The van der Waals surface area contributed by atoms with Crippen LogP contribution in [0.25, 0.3) is 33.2 Å². The molecule has 1 fully saturated rings. The van der Waals surface area contributed by atoms with Gasteiger partial charge in [-0.15, -0.1) is 0 Å². The average molecular weight is 554 g/mol. The first-order valence-corrected chi connectivity index (χ1v) is 14.0. The summed E-state index contributed by atoms with van der Waals surface area (Å²) in [5, 5.41) is 10.1. The van der Waals surface area contributed by atoms with E-state index in [1.807, 2.05) is 65.7 Å². The topological polar surface area (TPSA) is 82.3 Å². The Morgan fingerprint density at radius 2 is 1.55 bits per heavy atom. The van der Waals surface area contributed by atoms with Crippen molar-refractivity contribution in [2.24, 2.45) is 0 Å². The third-order valence-corrected chi connectivity index (χ3v) is 7.96. The molecule has 0 saturated carbocycles. The van der Waals surface area contributed by atoms with E-state index in [-0.39, 0.29) is 18.0 Å². The van der Waals surface area contributed by atoms with Gasteiger partial charge in [0.2, 0.25) is 0 Å². The van der Waals surface area contributed by atoms with Crippen LogP contribution in [0.1, 0.15) is 29.9 Å². The minimum Gasteiger partial charge on any atom is -0.495 e. The van der Waals surface area contributed by atoms with Crippen LogP contribution in [0.3, 0.4) is 0 Å². The van der Waals surface area contributed by atoms with Gasteiger partial charge in [0.25, 0.3) is 5.91 Å². The number of hydrogen-bond donors (Lipinski definition) is 0. The number of pyridine rings is 2. The summed E-state index contributed by atoms with van der Waals surface area (Å²) in [6.07, 6.45) is 3.53. The van der Waals surface area contributed by atoms with Crippen molar-refractivity contribution in [1.29, 1.82) is 5.26 Å². The number of nitriles is 1. The van der Waals surface area contributed by atoms with E-state index in [0.717, 1.165) is 57.7 Å². The molecule has 0 bridgehead atoms. The number of aromatic nitrogens is 2. The van der Waals surface area contributed by atoms with Gasteiger partial charge in [-0.1, -0.05) is 42.5 Å². The van der Waals surface area contributed by atoms with Crippen LogP contribution < -0.4 is 9.64 Å². The lowest BCUT2D eigenvalue weighted by Crippen LogP contribution is -2.58. The number of methoxy groups -OCH3 is 1. The van der Waals surface area contributed by atoms with Gasteiger partial charge in [0.05, 0.1) is 24.3 Å². The summed E-state index contributed by atoms with van der Waals surface area (Å²) in [4.78, 5) is 26.6. The van der Waals surface area contributed by atoms with Crippen LogP contribution in [-0.2, 0) is 0 Å². The SMILES string of the molecule is COc1c(-c2ccc(N3CC(C)N(C(=O)c4ccccn4)[C@H](C)C3)cc2)cnc2c(-c3ccc(C#N)cc3)cccc12. The van der Waals surface area contributed by atoms with Gasteiger partial charge in [-0.2, -0.15) is 5.26 Å². The van der Waals surface area contributed by atoms with E-state index in [1.54, 1.807) is 19.4 Å². The van der Waals surface area contributed by atoms with Gasteiger partial charge in [-0.25, -0.2) is 0 Å². The van der Waals surface area contributed by atoms with Gasteiger partial charge < -0.3 is 14.5 Å². The van der Waals surface area contributed by atoms with E-state index in [4.69, 9.17) is 15.0 Å². The summed E-state index contributed by atoms with van der Waals surface area (Å²) in [5.74, 6) is 0.746. The molecule has 0 radical (unpaired) electrons. The molecule has 2 atom stereocenters. The van der Waals surface area contributed by atoms with Crippen molar-refractivity contribution in [3.63, 3.8) is 0 Å². The van der Waals surface area contributed by atoms with Crippen molar-refractivity contribution in [2.45, 2.75) is 25.9 Å². The highest BCUT2D eigenvalue weighted by Crippen LogP contribution is 2.39. The van der Waals surface area contributed by atoms with E-state index in [2.05, 4.69) is 54.1 Å². The molecule has 1 amide bonds.